The van der Waals surface area contributed by atoms with Gasteiger partial charge in [-0.2, -0.15) is 0 Å². The van der Waals surface area contributed by atoms with E-state index < -0.39 is 0 Å². The molecule has 0 aliphatic rings. The van der Waals surface area contributed by atoms with Gasteiger partial charge in [-0.25, -0.2) is 4.98 Å². The molecule has 0 N–H and O–H groups in total. The van der Waals surface area contributed by atoms with Gasteiger partial charge in [0.1, 0.15) is 5.01 Å². The molecule has 0 aliphatic heterocycles. The lowest BCUT2D eigenvalue weighted by Crippen LogP contribution is -2.17. The minimum atomic E-state index is 0.0647. The number of benzene rings is 4. The summed E-state index contributed by atoms with van der Waals surface area (Å²) in [4.78, 5) is 10.2. The van der Waals surface area contributed by atoms with Crippen molar-refractivity contribution in [2.24, 2.45) is 10.9 Å². The van der Waals surface area contributed by atoms with Crippen molar-refractivity contribution >= 4 is 33.5 Å². The van der Waals surface area contributed by atoms with Gasteiger partial charge in [0, 0.05) is 17.3 Å². The van der Waals surface area contributed by atoms with E-state index >= 15 is 0 Å². The van der Waals surface area contributed by atoms with Crippen molar-refractivity contribution in [3.63, 3.8) is 0 Å². The minimum Gasteiger partial charge on any atom is -0.256 e. The zero-order valence-corrected chi connectivity index (χ0v) is 26.6. The monoisotopic (exact) mass is 558 g/mol. The van der Waals surface area contributed by atoms with Crippen molar-refractivity contribution in [2.75, 3.05) is 0 Å². The third-order valence-electron chi connectivity index (χ3n) is 7.50. The summed E-state index contributed by atoms with van der Waals surface area (Å²) >= 11 is 1.73. The lowest BCUT2D eigenvalue weighted by atomic mass is 9.79. The van der Waals surface area contributed by atoms with Crippen LogP contribution in [0, 0.1) is 5.92 Å². The number of hydrogen-bond acceptors (Lipinski definition) is 3. The molecule has 210 valence electrons. The maximum Gasteiger partial charge on any atom is 0.126 e. The Morgan fingerprint density at radius 1 is 0.756 bits per heavy atom. The fraction of sp³-hybridized carbons (Fsp3) is 0.316. The zero-order chi connectivity index (χ0) is 29.4. The molecule has 0 radical (unpaired) electrons. The van der Waals surface area contributed by atoms with Gasteiger partial charge in [-0.1, -0.05) is 110 Å². The Morgan fingerprint density at radius 2 is 1.39 bits per heavy atom. The molecular formula is C38H42N2S. The number of hydrogen-bond donors (Lipinski definition) is 0. The van der Waals surface area contributed by atoms with Gasteiger partial charge in [0.25, 0.3) is 0 Å². The van der Waals surface area contributed by atoms with Gasteiger partial charge < -0.3 is 0 Å². The Bertz CT molecular complexity index is 1660. The van der Waals surface area contributed by atoms with E-state index in [0.717, 1.165) is 33.8 Å². The number of fused-ring (bicyclic) bond motifs is 1. The number of para-hydroxylation sites is 2. The predicted molar refractivity (Wildman–Crippen MR) is 180 cm³/mol. The Balaban J connectivity index is 1.52. The highest BCUT2D eigenvalue weighted by atomic mass is 32.1. The number of aliphatic imine (C=N–C) groups is 1. The second-order valence-corrected chi connectivity index (χ2v) is 14.6. The summed E-state index contributed by atoms with van der Waals surface area (Å²) in [5.41, 5.74) is 10.7. The first-order valence-corrected chi connectivity index (χ1v) is 15.5. The van der Waals surface area contributed by atoms with E-state index in [1.54, 1.807) is 11.3 Å². The van der Waals surface area contributed by atoms with Crippen LogP contribution in [-0.4, -0.2) is 11.2 Å². The molecule has 0 fully saturated rings. The normalized spacial score (nSPS) is 12.6. The van der Waals surface area contributed by atoms with E-state index in [0.29, 0.717) is 5.92 Å². The van der Waals surface area contributed by atoms with Gasteiger partial charge >= 0.3 is 0 Å². The van der Waals surface area contributed by atoms with Crippen molar-refractivity contribution in [1.82, 2.24) is 4.98 Å². The molecule has 4 aromatic carbocycles. The van der Waals surface area contributed by atoms with Gasteiger partial charge in [0.2, 0.25) is 0 Å². The number of nitrogens with zero attached hydrogens (tertiary/aromatic N) is 2. The summed E-state index contributed by atoms with van der Waals surface area (Å²) in [5, 5.41) is 0.996. The number of rotatable bonds is 6. The summed E-state index contributed by atoms with van der Waals surface area (Å²) in [6, 6.07) is 30.7. The zero-order valence-electron chi connectivity index (χ0n) is 25.7. The first kappa shape index (κ1) is 29.0. The van der Waals surface area contributed by atoms with Gasteiger partial charge in [0.05, 0.1) is 15.9 Å². The highest BCUT2D eigenvalue weighted by molar-refractivity contribution is 7.21. The fourth-order valence-corrected chi connectivity index (χ4v) is 6.12. The topological polar surface area (TPSA) is 25.2 Å². The average molecular weight is 559 g/mol. The van der Waals surface area contributed by atoms with Crippen LogP contribution in [0.5, 0.6) is 0 Å². The molecule has 1 heterocycles. The SMILES string of the molecule is CC(C)Cc1ccc(-c2cccc3sc(-c4ccccc4N=Cc4cc(C(C)(C)C)cc(C(C)(C)C)c4)nc23)cc1. The van der Waals surface area contributed by atoms with E-state index in [2.05, 4.69) is 140 Å². The first-order valence-electron chi connectivity index (χ1n) is 14.7. The number of thiazole rings is 1. The van der Waals surface area contributed by atoms with Crippen LogP contribution in [0.1, 0.15) is 77.6 Å². The smallest absolute Gasteiger partial charge is 0.126 e. The van der Waals surface area contributed by atoms with Crippen LogP contribution in [0.25, 0.3) is 31.9 Å². The Labute approximate surface area is 250 Å². The molecule has 1 aromatic heterocycles. The molecule has 5 aromatic rings. The van der Waals surface area contributed by atoms with Crippen LogP contribution >= 0.6 is 11.3 Å². The van der Waals surface area contributed by atoms with Gasteiger partial charge in [-0.3, -0.25) is 4.99 Å². The minimum absolute atomic E-state index is 0.0647. The highest BCUT2D eigenvalue weighted by Gasteiger charge is 2.20. The number of aromatic nitrogens is 1. The third kappa shape index (κ3) is 6.68. The second-order valence-electron chi connectivity index (χ2n) is 13.6. The highest BCUT2D eigenvalue weighted by Crippen LogP contribution is 2.39. The van der Waals surface area contributed by atoms with E-state index in [9.17, 15) is 0 Å². The Kier molecular flexibility index (Phi) is 8.03. The van der Waals surface area contributed by atoms with E-state index in [1.165, 1.54) is 32.5 Å². The summed E-state index contributed by atoms with van der Waals surface area (Å²) in [6.45, 7) is 18.1. The summed E-state index contributed by atoms with van der Waals surface area (Å²) in [6.07, 6.45) is 3.11. The molecule has 5 rings (SSSR count). The van der Waals surface area contributed by atoms with Gasteiger partial charge in [0.15, 0.2) is 0 Å². The Morgan fingerprint density at radius 3 is 2.02 bits per heavy atom. The van der Waals surface area contributed by atoms with Gasteiger partial charge in [-0.05, 0) is 81.3 Å². The van der Waals surface area contributed by atoms with Gasteiger partial charge in [-0.15, -0.1) is 11.3 Å². The third-order valence-corrected chi connectivity index (χ3v) is 8.56. The first-order chi connectivity index (χ1) is 19.4. The van der Waals surface area contributed by atoms with E-state index in [1.807, 2.05) is 6.21 Å². The van der Waals surface area contributed by atoms with Crippen LogP contribution in [0.4, 0.5) is 5.69 Å². The van der Waals surface area contributed by atoms with Crippen molar-refractivity contribution < 1.29 is 0 Å². The van der Waals surface area contributed by atoms with Crippen LogP contribution in [0.15, 0.2) is 89.9 Å². The molecule has 0 spiro atoms. The van der Waals surface area contributed by atoms with Crippen LogP contribution < -0.4 is 0 Å². The van der Waals surface area contributed by atoms with E-state index in [4.69, 9.17) is 9.98 Å². The summed E-state index contributed by atoms with van der Waals surface area (Å²) in [7, 11) is 0. The molecule has 0 unspecified atom stereocenters. The lowest BCUT2D eigenvalue weighted by molar-refractivity contribution is 0.568. The average Bonchev–Trinajstić information content (AvgIpc) is 3.36. The lowest BCUT2D eigenvalue weighted by Gasteiger charge is -2.25. The van der Waals surface area contributed by atoms with Crippen molar-refractivity contribution in [3.8, 4) is 21.7 Å². The molecule has 0 atom stereocenters. The van der Waals surface area contributed by atoms with Crippen molar-refractivity contribution in [3.05, 3.63) is 107 Å². The molecular weight excluding hydrogens is 516 g/mol. The predicted octanol–water partition coefficient (Wildman–Crippen LogP) is 11.2. The standard InChI is InChI=1S/C38H42N2S/c1-25(2)20-26-16-18-28(19-17-26)31-13-11-15-34-35(31)40-36(41-34)32-12-9-10-14-33(32)39-24-27-21-29(37(3,4)5)23-30(22-27)38(6,7)8/h9-19,21-25H,20H2,1-8H3. The molecule has 0 amide bonds. The molecule has 3 heteroatoms. The van der Waals surface area contributed by atoms with Crippen molar-refractivity contribution in [1.29, 1.82) is 0 Å². The molecule has 0 bridgehead atoms. The summed E-state index contributed by atoms with van der Waals surface area (Å²) < 4.78 is 1.19. The quantitative estimate of drug-likeness (QED) is 0.190. The Hall–Kier alpha value is -3.56. The molecule has 0 aliphatic carbocycles. The molecule has 41 heavy (non-hydrogen) atoms. The van der Waals surface area contributed by atoms with Crippen molar-refractivity contribution in [2.45, 2.75) is 72.6 Å². The van der Waals surface area contributed by atoms with Crippen LogP contribution in [0.2, 0.25) is 0 Å². The molecule has 0 saturated carbocycles. The maximum atomic E-state index is 5.18. The largest absolute Gasteiger partial charge is 0.256 e. The maximum absolute atomic E-state index is 5.18. The second kappa shape index (κ2) is 11.4. The van der Waals surface area contributed by atoms with E-state index in [-0.39, 0.29) is 10.8 Å². The molecule has 0 saturated heterocycles. The molecule has 2 nitrogen and oxygen atoms in total. The van der Waals surface area contributed by atoms with Crippen LogP contribution in [-0.2, 0) is 17.3 Å². The van der Waals surface area contributed by atoms with Crippen LogP contribution in [0.3, 0.4) is 0 Å². The fourth-order valence-electron chi connectivity index (χ4n) is 5.09. The summed E-state index contributed by atoms with van der Waals surface area (Å²) in [5.74, 6) is 0.649.